The van der Waals surface area contributed by atoms with Gasteiger partial charge in [-0.05, 0) is 68.0 Å². The van der Waals surface area contributed by atoms with E-state index in [4.69, 9.17) is 4.74 Å². The van der Waals surface area contributed by atoms with Crippen molar-refractivity contribution in [3.05, 3.63) is 59.4 Å². The first kappa shape index (κ1) is 25.4. The van der Waals surface area contributed by atoms with E-state index in [0.717, 1.165) is 43.4 Å². The first-order valence-electron chi connectivity index (χ1n) is 12.4. The van der Waals surface area contributed by atoms with Crippen molar-refractivity contribution >= 4 is 16.9 Å². The highest BCUT2D eigenvalue weighted by Crippen LogP contribution is 2.39. The number of rotatable bonds is 6. The average Bonchev–Trinajstić information content (AvgIpc) is 3.29. The van der Waals surface area contributed by atoms with Crippen molar-refractivity contribution in [3.63, 3.8) is 0 Å². The molecule has 1 aromatic carbocycles. The molecule has 196 valence electrons. The van der Waals surface area contributed by atoms with Gasteiger partial charge in [0.05, 0.1) is 23.4 Å². The lowest BCUT2D eigenvalue weighted by Gasteiger charge is -2.32. The van der Waals surface area contributed by atoms with Crippen LogP contribution >= 0.6 is 0 Å². The van der Waals surface area contributed by atoms with Gasteiger partial charge in [0.1, 0.15) is 23.2 Å². The van der Waals surface area contributed by atoms with E-state index >= 15 is 0 Å². The van der Waals surface area contributed by atoms with Gasteiger partial charge in [0.25, 0.3) is 0 Å². The molecule has 1 aliphatic rings. The normalized spacial score (nSPS) is 14.6. The summed E-state index contributed by atoms with van der Waals surface area (Å²) in [5, 5.41) is 17.2. The summed E-state index contributed by atoms with van der Waals surface area (Å²) in [6.45, 7) is 3.91. The summed E-state index contributed by atoms with van der Waals surface area (Å²) < 4.78 is 49.1. The van der Waals surface area contributed by atoms with Crippen LogP contribution in [-0.4, -0.2) is 44.7 Å². The quantitative estimate of drug-likeness (QED) is 0.340. The average molecular weight is 522 g/mol. The Balaban J connectivity index is 1.27. The Morgan fingerprint density at radius 3 is 2.61 bits per heavy atom. The van der Waals surface area contributed by atoms with Gasteiger partial charge in [0.2, 0.25) is 0 Å². The summed E-state index contributed by atoms with van der Waals surface area (Å²) in [6.07, 6.45) is -0.227. The second-order valence-electron chi connectivity index (χ2n) is 9.52. The molecule has 0 saturated carbocycles. The predicted octanol–water partition coefficient (Wildman–Crippen LogP) is 5.31. The van der Waals surface area contributed by atoms with E-state index in [2.05, 4.69) is 25.2 Å². The number of nitrogens with zero attached hydrogens (tertiary/aromatic N) is 7. The summed E-state index contributed by atoms with van der Waals surface area (Å²) >= 11 is 0. The summed E-state index contributed by atoms with van der Waals surface area (Å²) in [5.41, 5.74) is 1.50. The second-order valence-corrected chi connectivity index (χ2v) is 9.52. The molecule has 38 heavy (non-hydrogen) atoms. The minimum Gasteiger partial charge on any atom is -0.493 e. The van der Waals surface area contributed by atoms with Gasteiger partial charge < -0.3 is 9.64 Å². The summed E-state index contributed by atoms with van der Waals surface area (Å²) in [6, 6.07) is 11.4. The van der Waals surface area contributed by atoms with Gasteiger partial charge in [-0.25, -0.2) is 14.6 Å². The van der Waals surface area contributed by atoms with Gasteiger partial charge in [0.15, 0.2) is 5.69 Å². The molecule has 0 radical (unpaired) electrons. The Morgan fingerprint density at radius 1 is 1.13 bits per heavy atom. The number of halogens is 3. The molecule has 0 spiro atoms. The number of aromatic nitrogens is 5. The smallest absolute Gasteiger partial charge is 0.419 e. The summed E-state index contributed by atoms with van der Waals surface area (Å²) in [7, 11) is 1.64. The van der Waals surface area contributed by atoms with Gasteiger partial charge in [-0.2, -0.15) is 18.4 Å². The lowest BCUT2D eigenvalue weighted by Crippen LogP contribution is -2.34. The zero-order valence-corrected chi connectivity index (χ0v) is 21.0. The minimum absolute atomic E-state index is 0.00342. The van der Waals surface area contributed by atoms with Crippen molar-refractivity contribution in [1.29, 1.82) is 5.26 Å². The number of alkyl halides is 3. The van der Waals surface area contributed by atoms with Crippen LogP contribution in [-0.2, 0) is 13.2 Å². The number of fused-ring (bicyclic) bond motifs is 1. The Bertz CT molecular complexity index is 1480. The van der Waals surface area contributed by atoms with Crippen LogP contribution in [0.5, 0.6) is 5.75 Å². The maximum absolute atomic E-state index is 14.0. The van der Waals surface area contributed by atoms with Gasteiger partial charge in [-0.1, -0.05) is 11.3 Å². The minimum atomic E-state index is -4.62. The molecule has 1 fully saturated rings. The van der Waals surface area contributed by atoms with Crippen LogP contribution in [0.3, 0.4) is 0 Å². The number of pyridine rings is 2. The van der Waals surface area contributed by atoms with E-state index in [9.17, 15) is 18.4 Å². The molecule has 3 aromatic heterocycles. The van der Waals surface area contributed by atoms with Crippen molar-refractivity contribution in [2.45, 2.75) is 32.4 Å². The molecule has 0 bridgehead atoms. The molecule has 1 saturated heterocycles. The second kappa shape index (κ2) is 10.3. The zero-order valence-electron chi connectivity index (χ0n) is 21.0. The van der Waals surface area contributed by atoms with Crippen LogP contribution in [0.15, 0.2) is 42.6 Å². The molecule has 0 atom stereocenters. The lowest BCUT2D eigenvalue weighted by molar-refractivity contribution is -0.138. The van der Waals surface area contributed by atoms with Crippen LogP contribution in [0.4, 0.5) is 19.0 Å². The number of hydrogen-bond donors (Lipinski definition) is 0. The van der Waals surface area contributed by atoms with Crippen LogP contribution in [0.1, 0.15) is 36.1 Å². The SMILES string of the molecule is Cc1ccc(N2CCC(CCOc3ccc(-c4cc5c(nnn5C)c(C#N)n4)cc3C(F)(F)F)CC2)nc1. The molecule has 4 heterocycles. The molecule has 11 heteroatoms. The molecular weight excluding hydrogens is 495 g/mol. The third kappa shape index (κ3) is 5.25. The van der Waals surface area contributed by atoms with E-state index in [-0.39, 0.29) is 29.3 Å². The maximum Gasteiger partial charge on any atom is 0.419 e. The zero-order chi connectivity index (χ0) is 26.9. The largest absolute Gasteiger partial charge is 0.493 e. The maximum atomic E-state index is 14.0. The topological polar surface area (TPSA) is 92.8 Å². The fourth-order valence-corrected chi connectivity index (χ4v) is 4.73. The van der Waals surface area contributed by atoms with E-state index in [1.807, 2.05) is 31.3 Å². The first-order chi connectivity index (χ1) is 18.2. The number of benzene rings is 1. The van der Waals surface area contributed by atoms with Crippen LogP contribution in [0, 0.1) is 24.2 Å². The monoisotopic (exact) mass is 521 g/mol. The van der Waals surface area contributed by atoms with Gasteiger partial charge in [-0.3, -0.25) is 0 Å². The Labute approximate surface area is 217 Å². The fraction of sp³-hybridized carbons (Fsp3) is 0.370. The number of piperidine rings is 1. The van der Waals surface area contributed by atoms with E-state index in [1.54, 1.807) is 13.1 Å². The molecule has 5 rings (SSSR count). The van der Waals surface area contributed by atoms with Crippen LogP contribution in [0.25, 0.3) is 22.3 Å². The van der Waals surface area contributed by atoms with Crippen LogP contribution in [0.2, 0.25) is 0 Å². The van der Waals surface area contributed by atoms with Crippen molar-refractivity contribution in [1.82, 2.24) is 25.0 Å². The highest BCUT2D eigenvalue weighted by atomic mass is 19.4. The molecular formula is C27H26F3N7O. The van der Waals surface area contributed by atoms with E-state index in [1.165, 1.54) is 16.8 Å². The molecule has 1 aliphatic heterocycles. The molecule has 0 aliphatic carbocycles. The lowest BCUT2D eigenvalue weighted by atomic mass is 9.94. The third-order valence-electron chi connectivity index (χ3n) is 6.90. The number of anilines is 1. The van der Waals surface area contributed by atoms with Gasteiger partial charge in [-0.15, -0.1) is 5.10 Å². The molecule has 0 N–H and O–H groups in total. The summed E-state index contributed by atoms with van der Waals surface area (Å²) in [4.78, 5) is 10.9. The third-order valence-corrected chi connectivity index (χ3v) is 6.90. The van der Waals surface area contributed by atoms with Crippen molar-refractivity contribution in [2.24, 2.45) is 13.0 Å². The Morgan fingerprint density at radius 2 is 1.92 bits per heavy atom. The van der Waals surface area contributed by atoms with Crippen LogP contribution < -0.4 is 9.64 Å². The Kier molecular flexibility index (Phi) is 6.89. The first-order valence-corrected chi connectivity index (χ1v) is 12.4. The van der Waals surface area contributed by atoms with Crippen molar-refractivity contribution in [3.8, 4) is 23.1 Å². The van der Waals surface area contributed by atoms with E-state index < -0.39 is 11.7 Å². The standard InChI is InChI=1S/C27H26F3N7O/c1-17-3-6-25(32-16-17)37-10-7-18(8-11-37)9-12-38-24-5-4-19(13-20(24)27(28,29)30)21-14-23-26(22(15-31)33-21)34-35-36(23)2/h3-6,13-14,16,18H,7-12H2,1-2H3. The van der Waals surface area contributed by atoms with Gasteiger partial charge >= 0.3 is 6.18 Å². The number of hydrogen-bond acceptors (Lipinski definition) is 7. The van der Waals surface area contributed by atoms with Crippen molar-refractivity contribution < 1.29 is 17.9 Å². The fourth-order valence-electron chi connectivity index (χ4n) is 4.73. The Hall–Kier alpha value is -4.20. The van der Waals surface area contributed by atoms with Gasteiger partial charge in [0, 0.05) is 31.9 Å². The number of nitriles is 1. The van der Waals surface area contributed by atoms with Crippen molar-refractivity contribution in [2.75, 3.05) is 24.6 Å². The highest BCUT2D eigenvalue weighted by molar-refractivity contribution is 5.83. The molecule has 0 unspecified atom stereocenters. The molecule has 0 amide bonds. The predicted molar refractivity (Wildman–Crippen MR) is 135 cm³/mol. The highest BCUT2D eigenvalue weighted by Gasteiger charge is 2.35. The molecule has 4 aromatic rings. The summed E-state index contributed by atoms with van der Waals surface area (Å²) in [5.74, 6) is 1.11. The number of aryl methyl sites for hydroxylation is 2. The number of ether oxygens (including phenoxy) is 1. The molecule has 8 nitrogen and oxygen atoms in total. The van der Waals surface area contributed by atoms with E-state index in [0.29, 0.717) is 23.4 Å².